The Bertz CT molecular complexity index is 1150. The minimum absolute atomic E-state index is 0.0695. The Morgan fingerprint density at radius 3 is 0.704 bits per heavy atom. The van der Waals surface area contributed by atoms with E-state index in [1.807, 2.05) is 0 Å². The number of carbonyl (C=O) groups excluding carboxylic acids is 3. The van der Waals surface area contributed by atoms with Crippen LogP contribution in [0.4, 0.5) is 0 Å². The molecule has 0 fully saturated rings. The van der Waals surface area contributed by atoms with Crippen LogP contribution in [0.15, 0.2) is 24.3 Å². The third-order valence-electron chi connectivity index (χ3n) is 14.4. The first-order chi connectivity index (χ1) is 35.0. The van der Waals surface area contributed by atoms with Crippen LogP contribution in [-0.4, -0.2) is 37.2 Å². The molecule has 0 rings (SSSR count). The molecule has 0 aliphatic rings. The fourth-order valence-corrected chi connectivity index (χ4v) is 9.61. The van der Waals surface area contributed by atoms with Gasteiger partial charge in [-0.25, -0.2) is 0 Å². The molecule has 1 unspecified atom stereocenters. The number of unbranched alkanes of at least 4 members (excludes halogenated alkanes) is 44. The normalized spacial score (nSPS) is 12.1. The summed E-state index contributed by atoms with van der Waals surface area (Å²) in [7, 11) is 0. The van der Waals surface area contributed by atoms with E-state index in [0.29, 0.717) is 19.3 Å². The van der Waals surface area contributed by atoms with Crippen molar-refractivity contribution in [2.45, 2.75) is 361 Å². The predicted octanol–water partition coefficient (Wildman–Crippen LogP) is 21.4. The van der Waals surface area contributed by atoms with E-state index in [1.54, 1.807) is 0 Å². The highest BCUT2D eigenvalue weighted by Gasteiger charge is 2.19. The van der Waals surface area contributed by atoms with Gasteiger partial charge in [0, 0.05) is 19.3 Å². The fraction of sp³-hybridized carbons (Fsp3) is 0.892. The third kappa shape index (κ3) is 58.7. The maximum atomic E-state index is 12.8. The van der Waals surface area contributed by atoms with Crippen molar-refractivity contribution in [2.24, 2.45) is 0 Å². The summed E-state index contributed by atoms with van der Waals surface area (Å²) in [5, 5.41) is 0. The highest BCUT2D eigenvalue weighted by molar-refractivity contribution is 5.71. The van der Waals surface area contributed by atoms with Gasteiger partial charge in [-0.1, -0.05) is 289 Å². The van der Waals surface area contributed by atoms with Gasteiger partial charge in [0.2, 0.25) is 0 Å². The maximum Gasteiger partial charge on any atom is 0.306 e. The molecule has 0 aliphatic heterocycles. The first-order valence-corrected chi connectivity index (χ1v) is 31.8. The monoisotopic (exact) mass is 999 g/mol. The summed E-state index contributed by atoms with van der Waals surface area (Å²) in [5.41, 5.74) is 0. The van der Waals surface area contributed by atoms with Gasteiger partial charge in [0.05, 0.1) is 0 Å². The molecule has 0 aromatic heterocycles. The van der Waals surface area contributed by atoms with Crippen LogP contribution in [0.1, 0.15) is 355 Å². The van der Waals surface area contributed by atoms with Crippen LogP contribution in [0.25, 0.3) is 0 Å². The topological polar surface area (TPSA) is 78.9 Å². The average molecular weight is 1000 g/mol. The van der Waals surface area contributed by atoms with E-state index < -0.39 is 6.10 Å². The van der Waals surface area contributed by atoms with Crippen molar-refractivity contribution in [3.8, 4) is 0 Å². The van der Waals surface area contributed by atoms with Gasteiger partial charge in [0.25, 0.3) is 0 Å². The molecule has 0 aromatic carbocycles. The lowest BCUT2D eigenvalue weighted by Crippen LogP contribution is -2.30. The summed E-state index contributed by atoms with van der Waals surface area (Å²) < 4.78 is 16.8. The zero-order valence-corrected chi connectivity index (χ0v) is 48.0. The number of carbonyl (C=O) groups is 3. The van der Waals surface area contributed by atoms with E-state index in [0.717, 1.165) is 64.2 Å². The van der Waals surface area contributed by atoms with Gasteiger partial charge in [-0.05, 0) is 70.6 Å². The molecule has 0 amide bonds. The molecule has 1 atom stereocenters. The van der Waals surface area contributed by atoms with Crippen LogP contribution in [0.3, 0.4) is 0 Å². The lowest BCUT2D eigenvalue weighted by molar-refractivity contribution is -0.167. The third-order valence-corrected chi connectivity index (χ3v) is 14.4. The molecule has 0 radical (unpaired) electrons. The number of hydrogen-bond donors (Lipinski definition) is 0. The molecule has 0 spiro atoms. The molecule has 0 bridgehead atoms. The number of allylic oxidation sites excluding steroid dienone is 4. The van der Waals surface area contributed by atoms with Gasteiger partial charge in [-0.3, -0.25) is 14.4 Å². The van der Waals surface area contributed by atoms with Crippen molar-refractivity contribution in [3.63, 3.8) is 0 Å². The SMILES string of the molecule is CCCCCCC/C=C\CCCCCCCC(=O)OC(COC(=O)CCCCCCCCCC)COC(=O)CCCCCCCCCCCCCCCCCCCCC/C=C\CCCCCCCCCC. The zero-order chi connectivity index (χ0) is 51.4. The van der Waals surface area contributed by atoms with Crippen LogP contribution in [0.2, 0.25) is 0 Å². The van der Waals surface area contributed by atoms with E-state index in [4.69, 9.17) is 14.2 Å². The van der Waals surface area contributed by atoms with Crippen molar-refractivity contribution in [1.29, 1.82) is 0 Å². The van der Waals surface area contributed by atoms with E-state index in [-0.39, 0.29) is 31.1 Å². The molecule has 0 saturated heterocycles. The molecule has 0 aliphatic carbocycles. The number of esters is 3. The van der Waals surface area contributed by atoms with Crippen molar-refractivity contribution >= 4 is 17.9 Å². The van der Waals surface area contributed by atoms with Gasteiger partial charge in [-0.15, -0.1) is 0 Å². The summed E-state index contributed by atoms with van der Waals surface area (Å²) in [6, 6.07) is 0. The quantitative estimate of drug-likeness (QED) is 0.0261. The van der Waals surface area contributed by atoms with Crippen LogP contribution < -0.4 is 0 Å². The van der Waals surface area contributed by atoms with E-state index in [1.165, 1.54) is 250 Å². The molecule has 6 heteroatoms. The van der Waals surface area contributed by atoms with Gasteiger partial charge >= 0.3 is 17.9 Å². The molecule has 0 N–H and O–H groups in total. The summed E-state index contributed by atoms with van der Waals surface area (Å²) in [4.78, 5) is 38.0. The second-order valence-corrected chi connectivity index (χ2v) is 21.7. The Kier molecular flexibility index (Phi) is 58.6. The Balaban J connectivity index is 3.99. The van der Waals surface area contributed by atoms with Crippen LogP contribution in [-0.2, 0) is 28.6 Å². The number of ether oxygens (including phenoxy) is 3. The second-order valence-electron chi connectivity index (χ2n) is 21.7. The van der Waals surface area contributed by atoms with Crippen LogP contribution in [0, 0.1) is 0 Å². The van der Waals surface area contributed by atoms with Gasteiger partial charge in [0.15, 0.2) is 6.10 Å². The molecule has 418 valence electrons. The first kappa shape index (κ1) is 68.9. The first-order valence-electron chi connectivity index (χ1n) is 31.8. The lowest BCUT2D eigenvalue weighted by atomic mass is 10.0. The number of rotatable bonds is 59. The molecular weight excluding hydrogens is 877 g/mol. The Morgan fingerprint density at radius 2 is 0.465 bits per heavy atom. The summed E-state index contributed by atoms with van der Waals surface area (Å²) in [6.07, 6.45) is 72.2. The van der Waals surface area contributed by atoms with Gasteiger partial charge in [-0.2, -0.15) is 0 Å². The zero-order valence-electron chi connectivity index (χ0n) is 48.0. The largest absolute Gasteiger partial charge is 0.462 e. The molecule has 71 heavy (non-hydrogen) atoms. The van der Waals surface area contributed by atoms with E-state index >= 15 is 0 Å². The Hall–Kier alpha value is -2.11. The summed E-state index contributed by atoms with van der Waals surface area (Å²) >= 11 is 0. The minimum atomic E-state index is -0.769. The lowest BCUT2D eigenvalue weighted by Gasteiger charge is -2.18. The average Bonchev–Trinajstić information content (AvgIpc) is 3.37. The molecular formula is C65H122O6. The maximum absolute atomic E-state index is 12.8. The van der Waals surface area contributed by atoms with Crippen molar-refractivity contribution < 1.29 is 28.6 Å². The standard InChI is InChI=1S/C65H122O6/c1-4-7-10-13-16-19-21-23-25-26-27-28-29-30-31-32-33-34-35-36-37-38-39-40-41-43-44-46-49-52-55-58-64(67)70-61-62(60-69-63(66)57-54-51-48-18-15-12-9-6-3)71-65(68)59-56-53-50-47-45-42-24-22-20-17-14-11-8-5-2/h22,24,26-27,62H,4-21,23,25,28-61H2,1-3H3/b24-22-,27-26-. The molecule has 0 saturated carbocycles. The molecule has 0 aromatic rings. The van der Waals surface area contributed by atoms with Crippen molar-refractivity contribution in [2.75, 3.05) is 13.2 Å². The second kappa shape index (κ2) is 60.4. The van der Waals surface area contributed by atoms with Crippen LogP contribution >= 0.6 is 0 Å². The predicted molar refractivity (Wildman–Crippen MR) is 307 cm³/mol. The van der Waals surface area contributed by atoms with E-state index in [9.17, 15) is 14.4 Å². The van der Waals surface area contributed by atoms with E-state index in [2.05, 4.69) is 45.1 Å². The molecule has 6 nitrogen and oxygen atoms in total. The number of hydrogen-bond acceptors (Lipinski definition) is 6. The van der Waals surface area contributed by atoms with Gasteiger partial charge < -0.3 is 14.2 Å². The summed E-state index contributed by atoms with van der Waals surface area (Å²) in [6.45, 7) is 6.64. The van der Waals surface area contributed by atoms with Gasteiger partial charge in [0.1, 0.15) is 13.2 Å². The Morgan fingerprint density at radius 1 is 0.268 bits per heavy atom. The highest BCUT2D eigenvalue weighted by Crippen LogP contribution is 2.17. The van der Waals surface area contributed by atoms with Crippen molar-refractivity contribution in [3.05, 3.63) is 24.3 Å². The summed E-state index contributed by atoms with van der Waals surface area (Å²) in [5.74, 6) is -0.862. The minimum Gasteiger partial charge on any atom is -0.462 e. The van der Waals surface area contributed by atoms with Crippen molar-refractivity contribution in [1.82, 2.24) is 0 Å². The highest BCUT2D eigenvalue weighted by atomic mass is 16.6. The molecule has 0 heterocycles. The Labute approximate surface area is 443 Å². The van der Waals surface area contributed by atoms with Crippen LogP contribution in [0.5, 0.6) is 0 Å². The smallest absolute Gasteiger partial charge is 0.306 e. The fourth-order valence-electron chi connectivity index (χ4n) is 9.61.